The van der Waals surface area contributed by atoms with Crippen LogP contribution in [0.2, 0.25) is 0 Å². The summed E-state index contributed by atoms with van der Waals surface area (Å²) in [4.78, 5) is 15.8. The lowest BCUT2D eigenvalue weighted by molar-refractivity contribution is -0.159. The monoisotopic (exact) mass is 423 g/mol. The molecule has 9 nitrogen and oxygen atoms in total. The number of hydrogen-bond donors (Lipinski definition) is 0. The molecule has 0 amide bonds. The van der Waals surface area contributed by atoms with Gasteiger partial charge in [0.05, 0.1) is 20.3 Å². The summed E-state index contributed by atoms with van der Waals surface area (Å²) in [5.41, 5.74) is 1.14. The third kappa shape index (κ3) is 3.55. The van der Waals surface area contributed by atoms with Gasteiger partial charge in [0.1, 0.15) is 12.0 Å². The number of aromatic nitrogens is 6. The predicted octanol–water partition coefficient (Wildman–Crippen LogP) is 3.29. The molecule has 0 saturated heterocycles. The summed E-state index contributed by atoms with van der Waals surface area (Å²) in [7, 11) is -2.85. The number of nitrogens with zero attached hydrogens (tertiary/aromatic N) is 7. The molecule has 4 aromatic heterocycles. The second-order valence-corrected chi connectivity index (χ2v) is 8.31. The zero-order valence-electron chi connectivity index (χ0n) is 15.0. The van der Waals surface area contributed by atoms with Gasteiger partial charge < -0.3 is 4.52 Å². The highest BCUT2D eigenvalue weighted by atomic mass is 32.2. The SMILES string of the molecule is Cc1nc2cc(-c3noc(C(F)(F)F)n3)ccn2c1N=S(C)(=O)c1cncnc1. The highest BCUT2D eigenvalue weighted by Crippen LogP contribution is 2.30. The topological polar surface area (TPSA) is 111 Å². The molecule has 13 heteroatoms. The number of alkyl halides is 3. The Balaban J connectivity index is 1.79. The maximum atomic E-state index is 13.0. The van der Waals surface area contributed by atoms with E-state index < -0.39 is 21.8 Å². The lowest BCUT2D eigenvalue weighted by Crippen LogP contribution is -2.04. The third-order valence-corrected chi connectivity index (χ3v) is 5.54. The smallest absolute Gasteiger partial charge is 0.329 e. The first kappa shape index (κ1) is 19.0. The Morgan fingerprint density at radius 2 is 1.93 bits per heavy atom. The molecule has 0 saturated carbocycles. The van der Waals surface area contributed by atoms with E-state index in [0.717, 1.165) is 0 Å². The zero-order chi connectivity index (χ0) is 20.8. The van der Waals surface area contributed by atoms with Crippen molar-refractivity contribution in [3.05, 3.63) is 48.6 Å². The summed E-state index contributed by atoms with van der Waals surface area (Å²) in [5.74, 6) is -1.31. The Labute approximate surface area is 161 Å². The Morgan fingerprint density at radius 3 is 2.59 bits per heavy atom. The summed E-state index contributed by atoms with van der Waals surface area (Å²) in [6.07, 6.45) is 2.42. The van der Waals surface area contributed by atoms with Gasteiger partial charge in [-0.25, -0.2) is 19.2 Å². The molecule has 4 heterocycles. The number of rotatable bonds is 3. The second kappa shape index (κ2) is 6.62. The van der Waals surface area contributed by atoms with Crippen molar-refractivity contribution in [3.8, 4) is 11.4 Å². The predicted molar refractivity (Wildman–Crippen MR) is 94.7 cm³/mol. The number of imidazole rings is 1. The van der Waals surface area contributed by atoms with E-state index in [1.54, 1.807) is 11.3 Å². The molecule has 0 bridgehead atoms. The van der Waals surface area contributed by atoms with E-state index in [1.165, 1.54) is 43.3 Å². The first-order valence-corrected chi connectivity index (χ1v) is 9.95. The molecule has 0 spiro atoms. The van der Waals surface area contributed by atoms with Gasteiger partial charge in [0.2, 0.25) is 5.82 Å². The molecule has 150 valence electrons. The van der Waals surface area contributed by atoms with Gasteiger partial charge in [0, 0.05) is 30.4 Å². The van der Waals surface area contributed by atoms with E-state index in [1.807, 2.05) is 0 Å². The number of pyridine rings is 1. The number of halogens is 3. The minimum absolute atomic E-state index is 0.223. The van der Waals surface area contributed by atoms with Crippen molar-refractivity contribution >= 4 is 21.2 Å². The van der Waals surface area contributed by atoms with Gasteiger partial charge in [-0.05, 0) is 19.1 Å². The average molecular weight is 423 g/mol. The van der Waals surface area contributed by atoms with Crippen LogP contribution in [0.1, 0.15) is 11.6 Å². The largest absolute Gasteiger partial charge is 0.471 e. The standard InChI is InChI=1S/C16H12F3N7O2S/c1-9-14(25-29(2,27)11-6-20-8-21-7-11)26-4-3-10(5-12(26)22-9)13-23-15(28-24-13)16(17,18)19/h3-8H,1-2H3. The fourth-order valence-corrected chi connectivity index (χ4v) is 3.72. The van der Waals surface area contributed by atoms with E-state index in [4.69, 9.17) is 0 Å². The van der Waals surface area contributed by atoms with E-state index in [-0.39, 0.29) is 11.4 Å². The Hall–Kier alpha value is -3.35. The molecule has 0 aliphatic heterocycles. The fourth-order valence-electron chi connectivity index (χ4n) is 2.55. The van der Waals surface area contributed by atoms with Gasteiger partial charge >= 0.3 is 12.1 Å². The Kier molecular flexibility index (Phi) is 4.33. The van der Waals surface area contributed by atoms with E-state index in [9.17, 15) is 17.4 Å². The molecule has 0 N–H and O–H groups in total. The van der Waals surface area contributed by atoms with Crippen molar-refractivity contribution in [2.45, 2.75) is 18.0 Å². The van der Waals surface area contributed by atoms with Crippen LogP contribution < -0.4 is 0 Å². The molecule has 0 aromatic carbocycles. The summed E-state index contributed by atoms with van der Waals surface area (Å²) in [6, 6.07) is 2.97. The van der Waals surface area contributed by atoms with Gasteiger partial charge in [-0.3, -0.25) is 4.40 Å². The van der Waals surface area contributed by atoms with Gasteiger partial charge in [0.15, 0.2) is 5.82 Å². The maximum absolute atomic E-state index is 13.0. The Morgan fingerprint density at radius 1 is 1.21 bits per heavy atom. The van der Waals surface area contributed by atoms with Crippen molar-refractivity contribution in [1.29, 1.82) is 0 Å². The van der Waals surface area contributed by atoms with Gasteiger partial charge in [-0.1, -0.05) is 5.16 Å². The molecular weight excluding hydrogens is 411 g/mol. The van der Waals surface area contributed by atoms with Crippen LogP contribution in [0.4, 0.5) is 19.0 Å². The van der Waals surface area contributed by atoms with Crippen molar-refractivity contribution in [3.63, 3.8) is 0 Å². The minimum atomic E-state index is -4.73. The molecular formula is C16H12F3N7O2S. The summed E-state index contributed by atoms with van der Waals surface area (Å²) in [6.45, 7) is 1.68. The number of fused-ring (bicyclic) bond motifs is 1. The molecule has 1 unspecified atom stereocenters. The first-order valence-electron chi connectivity index (χ1n) is 8.02. The molecule has 0 aliphatic carbocycles. The third-order valence-electron chi connectivity index (χ3n) is 3.93. The maximum Gasteiger partial charge on any atom is 0.471 e. The summed E-state index contributed by atoms with van der Waals surface area (Å²) >= 11 is 0. The number of aryl methyl sites for hydroxylation is 1. The quantitative estimate of drug-likeness (QED) is 0.497. The molecule has 29 heavy (non-hydrogen) atoms. The van der Waals surface area contributed by atoms with Gasteiger partial charge in [-0.2, -0.15) is 22.5 Å². The second-order valence-electron chi connectivity index (χ2n) is 6.05. The molecule has 1 atom stereocenters. The lowest BCUT2D eigenvalue weighted by Gasteiger charge is -2.04. The van der Waals surface area contributed by atoms with Crippen LogP contribution in [-0.2, 0) is 15.9 Å². The van der Waals surface area contributed by atoms with Crippen LogP contribution in [-0.4, -0.2) is 40.0 Å². The molecule has 4 rings (SSSR count). The van der Waals surface area contributed by atoms with E-state index in [0.29, 0.717) is 22.1 Å². The Bertz CT molecular complexity index is 1320. The van der Waals surface area contributed by atoms with Crippen LogP contribution in [0.15, 0.2) is 50.8 Å². The number of hydrogen-bond acceptors (Lipinski definition) is 8. The molecule has 4 aromatic rings. The van der Waals surface area contributed by atoms with E-state index >= 15 is 0 Å². The highest BCUT2D eigenvalue weighted by molar-refractivity contribution is 7.93. The average Bonchev–Trinajstić information content (AvgIpc) is 3.27. The van der Waals surface area contributed by atoms with Crippen molar-refractivity contribution in [2.24, 2.45) is 4.36 Å². The normalized spacial score (nSPS) is 14.1. The van der Waals surface area contributed by atoms with E-state index in [2.05, 4.69) is 34.0 Å². The van der Waals surface area contributed by atoms with Crippen LogP contribution >= 0.6 is 0 Å². The van der Waals surface area contributed by atoms with Crippen molar-refractivity contribution in [1.82, 2.24) is 29.5 Å². The fraction of sp³-hybridized carbons (Fsp3) is 0.188. The van der Waals surface area contributed by atoms with Crippen molar-refractivity contribution < 1.29 is 21.9 Å². The van der Waals surface area contributed by atoms with Crippen LogP contribution in [0, 0.1) is 6.92 Å². The zero-order valence-corrected chi connectivity index (χ0v) is 15.8. The van der Waals surface area contributed by atoms with Crippen LogP contribution in [0.5, 0.6) is 0 Å². The van der Waals surface area contributed by atoms with Crippen LogP contribution in [0.3, 0.4) is 0 Å². The lowest BCUT2D eigenvalue weighted by atomic mass is 10.2. The molecule has 0 radical (unpaired) electrons. The molecule has 0 aliphatic rings. The molecule has 0 fully saturated rings. The van der Waals surface area contributed by atoms with Crippen molar-refractivity contribution in [2.75, 3.05) is 6.26 Å². The summed E-state index contributed by atoms with van der Waals surface area (Å²) < 4.78 is 61.2. The minimum Gasteiger partial charge on any atom is -0.329 e. The van der Waals surface area contributed by atoms with Gasteiger partial charge in [0.25, 0.3) is 0 Å². The summed E-state index contributed by atoms with van der Waals surface area (Å²) in [5, 5.41) is 3.36. The van der Waals surface area contributed by atoms with Crippen LogP contribution in [0.25, 0.3) is 17.0 Å². The van der Waals surface area contributed by atoms with Gasteiger partial charge in [-0.15, -0.1) is 0 Å². The highest BCUT2D eigenvalue weighted by Gasteiger charge is 2.38. The first-order chi connectivity index (χ1) is 13.6.